The lowest BCUT2D eigenvalue weighted by Gasteiger charge is -2.33. The van der Waals surface area contributed by atoms with E-state index in [1.807, 2.05) is 27.7 Å². The molecule has 0 radical (unpaired) electrons. The molecular formula is C19H31BN4O5. The van der Waals surface area contributed by atoms with Gasteiger partial charge in [-0.3, -0.25) is 4.79 Å². The molecule has 1 aromatic rings. The van der Waals surface area contributed by atoms with Gasteiger partial charge in [0.15, 0.2) is 6.10 Å². The first-order chi connectivity index (χ1) is 13.6. The van der Waals surface area contributed by atoms with Crippen LogP contribution in [0.15, 0.2) is 12.4 Å². The third-order valence-corrected chi connectivity index (χ3v) is 6.08. The fourth-order valence-electron chi connectivity index (χ4n) is 3.52. The summed E-state index contributed by atoms with van der Waals surface area (Å²) in [6.45, 7) is 7.38. The summed E-state index contributed by atoms with van der Waals surface area (Å²) in [4.78, 5) is 20.7. The second kappa shape index (κ2) is 8.55. The van der Waals surface area contributed by atoms with E-state index in [1.54, 1.807) is 12.4 Å². The summed E-state index contributed by atoms with van der Waals surface area (Å²) >= 11 is 0. The summed E-state index contributed by atoms with van der Waals surface area (Å²) in [5, 5.41) is 24.5. The molecule has 2 heterocycles. The smallest absolute Gasteiger partial charge is 0.399 e. The SMILES string of the molecule is CC1(C)OB(c2cnc(N[C@@H]3CCCC[C@@H]3NC(=O)[C@H](O)CO)nc2)OC1(C)C. The predicted octanol–water partition coefficient (Wildman–Crippen LogP) is -0.0317. The number of aromatic nitrogens is 2. The van der Waals surface area contributed by atoms with E-state index < -0.39 is 36.9 Å². The van der Waals surface area contributed by atoms with Crippen LogP contribution in [0.3, 0.4) is 0 Å². The summed E-state index contributed by atoms with van der Waals surface area (Å²) in [6.07, 6.45) is 5.61. The van der Waals surface area contributed by atoms with Crippen LogP contribution in [0.25, 0.3) is 0 Å². The molecule has 4 N–H and O–H groups in total. The fraction of sp³-hybridized carbons (Fsp3) is 0.737. The molecule has 1 saturated heterocycles. The zero-order chi connectivity index (χ0) is 21.2. The highest BCUT2D eigenvalue weighted by Crippen LogP contribution is 2.36. The van der Waals surface area contributed by atoms with Gasteiger partial charge in [-0.2, -0.15) is 0 Å². The molecule has 1 aliphatic carbocycles. The number of anilines is 1. The van der Waals surface area contributed by atoms with E-state index in [-0.39, 0.29) is 12.1 Å². The van der Waals surface area contributed by atoms with Crippen molar-refractivity contribution in [3.63, 3.8) is 0 Å². The Labute approximate surface area is 171 Å². The van der Waals surface area contributed by atoms with Gasteiger partial charge in [0.05, 0.1) is 17.8 Å². The molecule has 1 aliphatic heterocycles. The minimum atomic E-state index is -1.41. The molecule has 0 unspecified atom stereocenters. The van der Waals surface area contributed by atoms with Crippen molar-refractivity contribution in [1.82, 2.24) is 15.3 Å². The Morgan fingerprint density at radius 2 is 1.72 bits per heavy atom. The second-order valence-electron chi connectivity index (χ2n) is 8.78. The summed E-state index contributed by atoms with van der Waals surface area (Å²) in [7, 11) is -0.518. The number of carbonyl (C=O) groups excluding carboxylic acids is 1. The molecule has 1 aromatic heterocycles. The minimum Gasteiger partial charge on any atom is -0.399 e. The number of hydrogen-bond acceptors (Lipinski definition) is 8. The van der Waals surface area contributed by atoms with Crippen molar-refractivity contribution in [1.29, 1.82) is 0 Å². The van der Waals surface area contributed by atoms with Crippen LogP contribution in [-0.2, 0) is 14.1 Å². The van der Waals surface area contributed by atoms with Gasteiger partial charge in [0.2, 0.25) is 5.95 Å². The van der Waals surface area contributed by atoms with Gasteiger partial charge in [0, 0.05) is 29.9 Å². The number of amides is 1. The molecule has 0 spiro atoms. The zero-order valence-electron chi connectivity index (χ0n) is 17.5. The van der Waals surface area contributed by atoms with E-state index in [0.29, 0.717) is 5.95 Å². The van der Waals surface area contributed by atoms with Crippen LogP contribution in [-0.4, -0.2) is 69.2 Å². The molecule has 1 saturated carbocycles. The van der Waals surface area contributed by atoms with Crippen molar-refractivity contribution in [2.45, 2.75) is 82.8 Å². The van der Waals surface area contributed by atoms with E-state index in [0.717, 1.165) is 31.1 Å². The summed E-state index contributed by atoms with van der Waals surface area (Å²) in [6, 6.07) is -0.217. The first-order valence-corrected chi connectivity index (χ1v) is 10.2. The van der Waals surface area contributed by atoms with Gasteiger partial charge in [-0.1, -0.05) is 12.8 Å². The Bertz CT molecular complexity index is 699. The van der Waals surface area contributed by atoms with Crippen molar-refractivity contribution in [2.24, 2.45) is 0 Å². The van der Waals surface area contributed by atoms with E-state index >= 15 is 0 Å². The van der Waals surface area contributed by atoms with Crippen LogP contribution in [0.4, 0.5) is 5.95 Å². The van der Waals surface area contributed by atoms with Crippen molar-refractivity contribution in [2.75, 3.05) is 11.9 Å². The lowest BCUT2D eigenvalue weighted by atomic mass is 9.81. The monoisotopic (exact) mass is 406 g/mol. The van der Waals surface area contributed by atoms with E-state index in [4.69, 9.17) is 14.4 Å². The van der Waals surface area contributed by atoms with Gasteiger partial charge >= 0.3 is 7.12 Å². The normalized spacial score (nSPS) is 26.8. The highest BCUT2D eigenvalue weighted by Gasteiger charge is 2.52. The van der Waals surface area contributed by atoms with Crippen molar-refractivity contribution in [3.05, 3.63) is 12.4 Å². The van der Waals surface area contributed by atoms with Gasteiger partial charge in [-0.25, -0.2) is 9.97 Å². The molecule has 29 heavy (non-hydrogen) atoms. The van der Waals surface area contributed by atoms with Crippen LogP contribution in [0, 0.1) is 0 Å². The molecule has 0 bridgehead atoms. The number of nitrogens with zero attached hydrogens (tertiary/aromatic N) is 2. The minimum absolute atomic E-state index is 0.0544. The van der Waals surface area contributed by atoms with Gasteiger partial charge in [0.25, 0.3) is 5.91 Å². The maximum atomic E-state index is 11.9. The molecule has 2 fully saturated rings. The summed E-state index contributed by atoms with van der Waals surface area (Å²) in [5.41, 5.74) is -0.114. The topological polar surface area (TPSA) is 126 Å². The Kier molecular flexibility index (Phi) is 6.47. The zero-order valence-corrected chi connectivity index (χ0v) is 17.5. The van der Waals surface area contributed by atoms with Gasteiger partial charge in [0.1, 0.15) is 0 Å². The number of hydrogen-bond donors (Lipinski definition) is 4. The van der Waals surface area contributed by atoms with Crippen LogP contribution in [0.1, 0.15) is 53.4 Å². The molecule has 160 valence electrons. The Balaban J connectivity index is 1.63. The van der Waals surface area contributed by atoms with E-state index in [2.05, 4.69) is 20.6 Å². The summed E-state index contributed by atoms with van der Waals surface area (Å²) < 4.78 is 12.0. The lowest BCUT2D eigenvalue weighted by Crippen LogP contribution is -2.52. The van der Waals surface area contributed by atoms with Crippen LogP contribution >= 0.6 is 0 Å². The van der Waals surface area contributed by atoms with Crippen molar-refractivity contribution >= 4 is 24.4 Å². The fourth-order valence-corrected chi connectivity index (χ4v) is 3.52. The maximum Gasteiger partial charge on any atom is 0.498 e. The van der Waals surface area contributed by atoms with Crippen LogP contribution in [0.2, 0.25) is 0 Å². The number of rotatable bonds is 6. The molecule has 3 rings (SSSR count). The van der Waals surface area contributed by atoms with Gasteiger partial charge < -0.3 is 30.2 Å². The molecule has 1 amide bonds. The third-order valence-electron chi connectivity index (χ3n) is 6.08. The largest absolute Gasteiger partial charge is 0.498 e. The molecule has 2 aliphatic rings. The molecule has 3 atom stereocenters. The number of carbonyl (C=O) groups is 1. The number of aliphatic hydroxyl groups excluding tert-OH is 2. The van der Waals surface area contributed by atoms with Gasteiger partial charge in [-0.05, 0) is 40.5 Å². The molecule has 10 heteroatoms. The van der Waals surface area contributed by atoms with Crippen molar-refractivity contribution in [3.8, 4) is 0 Å². The highest BCUT2D eigenvalue weighted by atomic mass is 16.7. The van der Waals surface area contributed by atoms with Crippen LogP contribution in [0.5, 0.6) is 0 Å². The third kappa shape index (κ3) is 4.88. The first-order valence-electron chi connectivity index (χ1n) is 10.2. The second-order valence-corrected chi connectivity index (χ2v) is 8.78. The standard InChI is InChI=1S/C19H31BN4O5/c1-18(2)19(3,4)29-20(28-18)12-9-21-17(22-10-12)24-14-8-6-5-7-13(14)23-16(27)15(26)11-25/h9-10,13-15,25-26H,5-8,11H2,1-4H3,(H,23,27)(H,21,22,24)/t13-,14+,15+/m0/s1. The predicted molar refractivity (Wildman–Crippen MR) is 109 cm³/mol. The van der Waals surface area contributed by atoms with E-state index in [1.165, 1.54) is 0 Å². The first kappa shape index (κ1) is 22.0. The average Bonchev–Trinajstić information content (AvgIpc) is 2.90. The maximum absolute atomic E-state index is 11.9. The Morgan fingerprint density at radius 3 is 2.28 bits per heavy atom. The lowest BCUT2D eigenvalue weighted by molar-refractivity contribution is -0.132. The van der Waals surface area contributed by atoms with E-state index in [9.17, 15) is 9.90 Å². The number of aliphatic hydroxyl groups is 2. The summed E-state index contributed by atoms with van der Waals surface area (Å²) in [5.74, 6) is -0.109. The number of nitrogens with one attached hydrogen (secondary N) is 2. The van der Waals surface area contributed by atoms with Crippen LogP contribution < -0.4 is 16.1 Å². The average molecular weight is 406 g/mol. The Morgan fingerprint density at radius 1 is 1.17 bits per heavy atom. The Hall–Kier alpha value is -1.75. The molecule has 9 nitrogen and oxygen atoms in total. The molecular weight excluding hydrogens is 375 g/mol. The van der Waals surface area contributed by atoms with Gasteiger partial charge in [-0.15, -0.1) is 0 Å². The molecule has 0 aromatic carbocycles. The quantitative estimate of drug-likeness (QED) is 0.486. The highest BCUT2D eigenvalue weighted by molar-refractivity contribution is 6.61. The van der Waals surface area contributed by atoms with Crippen molar-refractivity contribution < 1.29 is 24.3 Å².